The molecule has 3 aliphatic rings. The first-order chi connectivity index (χ1) is 11.2. The lowest BCUT2D eigenvalue weighted by atomic mass is 9.98. The number of likely N-dealkylation sites (tertiary alicyclic amines) is 1. The van der Waals surface area contributed by atoms with Crippen molar-refractivity contribution in [2.45, 2.75) is 76.0 Å². The Kier molecular flexibility index (Phi) is 6.17. The smallest absolute Gasteiger partial charge is 0.317 e. The maximum absolute atomic E-state index is 12.4. The van der Waals surface area contributed by atoms with E-state index in [-0.39, 0.29) is 6.03 Å². The molecule has 3 rings (SSSR count). The van der Waals surface area contributed by atoms with Gasteiger partial charge in [-0.05, 0) is 45.6 Å². The predicted octanol–water partition coefficient (Wildman–Crippen LogP) is 2.60. The van der Waals surface area contributed by atoms with Crippen molar-refractivity contribution in [2.24, 2.45) is 0 Å². The molecule has 0 spiro atoms. The summed E-state index contributed by atoms with van der Waals surface area (Å²) < 4.78 is 5.91. The fraction of sp³-hybridized carbons (Fsp3) is 0.944. The zero-order chi connectivity index (χ0) is 16.1. The lowest BCUT2D eigenvalue weighted by Gasteiger charge is -2.26. The van der Waals surface area contributed by atoms with Crippen LogP contribution >= 0.6 is 0 Å². The molecule has 0 unspecified atom stereocenters. The minimum Gasteiger partial charge on any atom is -0.378 e. The summed E-state index contributed by atoms with van der Waals surface area (Å²) in [6.45, 7) is 3.29. The van der Waals surface area contributed by atoms with Gasteiger partial charge in [-0.2, -0.15) is 0 Å². The van der Waals surface area contributed by atoms with Crippen LogP contribution in [0.3, 0.4) is 0 Å². The standard InChI is InChI=1S/C18H33N3O2/c1-20-15-8-9-16(20)14-21(12-10-15)18(22)19-11-5-13-23-17-6-3-2-4-7-17/h15-17H,2-14H2,1H3,(H,19,22)/t15-,16-/m0/s1. The van der Waals surface area contributed by atoms with Crippen LogP contribution in [0.15, 0.2) is 0 Å². The summed E-state index contributed by atoms with van der Waals surface area (Å²) >= 11 is 0. The molecular formula is C18H33N3O2. The molecule has 2 amide bonds. The second-order valence-corrected chi connectivity index (χ2v) is 7.50. The molecule has 2 aliphatic heterocycles. The van der Waals surface area contributed by atoms with Crippen molar-refractivity contribution in [3.8, 4) is 0 Å². The summed E-state index contributed by atoms with van der Waals surface area (Å²) in [7, 11) is 2.21. The Labute approximate surface area is 140 Å². The first-order valence-corrected chi connectivity index (χ1v) is 9.60. The van der Waals surface area contributed by atoms with Crippen LogP contribution in [-0.2, 0) is 4.74 Å². The van der Waals surface area contributed by atoms with Gasteiger partial charge in [-0.15, -0.1) is 0 Å². The number of hydrogen-bond donors (Lipinski definition) is 1. The molecule has 2 bridgehead atoms. The summed E-state index contributed by atoms with van der Waals surface area (Å²) in [5.74, 6) is 0. The molecule has 0 aromatic rings. The minimum absolute atomic E-state index is 0.114. The van der Waals surface area contributed by atoms with Crippen molar-refractivity contribution in [3.05, 3.63) is 0 Å². The van der Waals surface area contributed by atoms with Crippen LogP contribution in [-0.4, -0.2) is 67.3 Å². The molecule has 2 atom stereocenters. The first-order valence-electron chi connectivity index (χ1n) is 9.60. The highest BCUT2D eigenvalue weighted by atomic mass is 16.5. The fourth-order valence-electron chi connectivity index (χ4n) is 4.35. The molecule has 1 aliphatic carbocycles. The van der Waals surface area contributed by atoms with Gasteiger partial charge in [0, 0.05) is 38.3 Å². The molecule has 2 saturated heterocycles. The van der Waals surface area contributed by atoms with Crippen molar-refractivity contribution >= 4 is 6.03 Å². The molecule has 1 N–H and O–H groups in total. The third-order valence-electron chi connectivity index (χ3n) is 5.94. The highest BCUT2D eigenvalue weighted by Crippen LogP contribution is 2.28. The predicted molar refractivity (Wildman–Crippen MR) is 91.6 cm³/mol. The van der Waals surface area contributed by atoms with Crippen molar-refractivity contribution < 1.29 is 9.53 Å². The number of likely N-dealkylation sites (N-methyl/N-ethyl adjacent to an activating group) is 1. The topological polar surface area (TPSA) is 44.8 Å². The second kappa shape index (κ2) is 8.34. The molecule has 23 heavy (non-hydrogen) atoms. The molecule has 0 aromatic carbocycles. The Morgan fingerprint density at radius 1 is 1.09 bits per heavy atom. The summed E-state index contributed by atoms with van der Waals surface area (Å²) in [6.07, 6.45) is 11.5. The van der Waals surface area contributed by atoms with Crippen LogP contribution in [0.4, 0.5) is 4.79 Å². The van der Waals surface area contributed by atoms with E-state index in [1.165, 1.54) is 44.9 Å². The molecule has 0 aromatic heterocycles. The Hall–Kier alpha value is -0.810. The van der Waals surface area contributed by atoms with E-state index < -0.39 is 0 Å². The van der Waals surface area contributed by atoms with Crippen LogP contribution in [0.1, 0.15) is 57.8 Å². The number of nitrogens with one attached hydrogen (secondary N) is 1. The molecule has 132 valence electrons. The Morgan fingerprint density at radius 2 is 1.87 bits per heavy atom. The van der Waals surface area contributed by atoms with Gasteiger partial charge in [-0.25, -0.2) is 4.79 Å². The number of ether oxygens (including phenoxy) is 1. The summed E-state index contributed by atoms with van der Waals surface area (Å²) in [6, 6.07) is 1.35. The monoisotopic (exact) mass is 323 g/mol. The number of amides is 2. The highest BCUT2D eigenvalue weighted by Gasteiger charge is 2.35. The van der Waals surface area contributed by atoms with E-state index in [4.69, 9.17) is 4.74 Å². The molecule has 2 heterocycles. The van der Waals surface area contributed by atoms with Crippen LogP contribution in [0, 0.1) is 0 Å². The third-order valence-corrected chi connectivity index (χ3v) is 5.94. The highest BCUT2D eigenvalue weighted by molar-refractivity contribution is 5.74. The maximum Gasteiger partial charge on any atom is 0.317 e. The van der Waals surface area contributed by atoms with E-state index in [2.05, 4.69) is 17.3 Å². The summed E-state index contributed by atoms with van der Waals surface area (Å²) in [5.41, 5.74) is 0. The summed E-state index contributed by atoms with van der Waals surface area (Å²) in [4.78, 5) is 16.8. The molecular weight excluding hydrogens is 290 g/mol. The number of carbonyl (C=O) groups is 1. The first kappa shape index (κ1) is 17.0. The average Bonchev–Trinajstić information content (AvgIpc) is 2.80. The van der Waals surface area contributed by atoms with Gasteiger partial charge in [-0.3, -0.25) is 4.90 Å². The lowest BCUT2D eigenvalue weighted by Crippen LogP contribution is -2.45. The Balaban J connectivity index is 1.30. The Bertz CT molecular complexity index is 384. The minimum atomic E-state index is 0.114. The van der Waals surface area contributed by atoms with E-state index in [0.717, 1.165) is 39.1 Å². The number of rotatable bonds is 5. The zero-order valence-corrected chi connectivity index (χ0v) is 14.6. The Morgan fingerprint density at radius 3 is 2.70 bits per heavy atom. The van der Waals surface area contributed by atoms with E-state index in [9.17, 15) is 4.79 Å². The van der Waals surface area contributed by atoms with Crippen LogP contribution in [0.2, 0.25) is 0 Å². The molecule has 3 fully saturated rings. The van der Waals surface area contributed by atoms with Gasteiger partial charge in [0.1, 0.15) is 0 Å². The van der Waals surface area contributed by atoms with Crippen LogP contribution in [0.25, 0.3) is 0 Å². The van der Waals surface area contributed by atoms with Crippen LogP contribution < -0.4 is 5.32 Å². The lowest BCUT2D eigenvalue weighted by molar-refractivity contribution is 0.0274. The van der Waals surface area contributed by atoms with E-state index >= 15 is 0 Å². The molecule has 0 radical (unpaired) electrons. The van der Waals surface area contributed by atoms with Gasteiger partial charge in [0.05, 0.1) is 6.10 Å². The van der Waals surface area contributed by atoms with E-state index in [0.29, 0.717) is 18.2 Å². The summed E-state index contributed by atoms with van der Waals surface area (Å²) in [5, 5.41) is 3.08. The van der Waals surface area contributed by atoms with E-state index in [1.54, 1.807) is 0 Å². The fourth-order valence-corrected chi connectivity index (χ4v) is 4.35. The molecule has 5 heteroatoms. The van der Waals surface area contributed by atoms with Gasteiger partial charge in [0.25, 0.3) is 0 Å². The van der Waals surface area contributed by atoms with Crippen molar-refractivity contribution in [1.29, 1.82) is 0 Å². The van der Waals surface area contributed by atoms with Crippen molar-refractivity contribution in [2.75, 3.05) is 33.3 Å². The number of nitrogens with zero attached hydrogens (tertiary/aromatic N) is 2. The number of hydrogen-bond acceptors (Lipinski definition) is 3. The number of fused-ring (bicyclic) bond motifs is 2. The normalized spacial score (nSPS) is 29.5. The van der Waals surface area contributed by atoms with Gasteiger partial charge < -0.3 is 15.0 Å². The SMILES string of the molecule is CN1[C@H]2CC[C@H]1CN(C(=O)NCCCOC1CCCCC1)CC2. The van der Waals surface area contributed by atoms with Crippen molar-refractivity contribution in [1.82, 2.24) is 15.1 Å². The number of carbonyl (C=O) groups excluding carboxylic acids is 1. The second-order valence-electron chi connectivity index (χ2n) is 7.50. The largest absolute Gasteiger partial charge is 0.378 e. The average molecular weight is 323 g/mol. The quantitative estimate of drug-likeness (QED) is 0.791. The van der Waals surface area contributed by atoms with Gasteiger partial charge in [0.15, 0.2) is 0 Å². The van der Waals surface area contributed by atoms with E-state index in [1.807, 2.05) is 4.90 Å². The van der Waals surface area contributed by atoms with Gasteiger partial charge in [0.2, 0.25) is 0 Å². The van der Waals surface area contributed by atoms with Gasteiger partial charge >= 0.3 is 6.03 Å². The zero-order valence-electron chi connectivity index (χ0n) is 14.6. The third kappa shape index (κ3) is 4.60. The molecule has 5 nitrogen and oxygen atoms in total. The number of urea groups is 1. The van der Waals surface area contributed by atoms with Crippen LogP contribution in [0.5, 0.6) is 0 Å². The van der Waals surface area contributed by atoms with Crippen molar-refractivity contribution in [3.63, 3.8) is 0 Å². The maximum atomic E-state index is 12.4. The molecule has 1 saturated carbocycles. The van der Waals surface area contributed by atoms with Gasteiger partial charge in [-0.1, -0.05) is 19.3 Å².